The SMILES string of the molecule is N#Cc1cc2c3c(c1)c(C1=C(c4cnc5ccccn45)NCC1=O)cn3CCN(C(=O)N1CCOCC(F)(F)C1)C2. The Hall–Kier alpha value is -4.76. The average Bonchev–Trinajstić information content (AvgIpc) is 3.58. The summed E-state index contributed by atoms with van der Waals surface area (Å²) < 4.78 is 37.3. The Bertz CT molecular complexity index is 1820. The molecule has 0 spiro atoms. The molecule has 0 atom stereocenters. The van der Waals surface area contributed by atoms with E-state index in [-0.39, 0.29) is 38.6 Å². The lowest BCUT2D eigenvalue weighted by molar-refractivity contribution is -0.112. The van der Waals surface area contributed by atoms with Crippen molar-refractivity contribution >= 4 is 39.6 Å². The van der Waals surface area contributed by atoms with Gasteiger partial charge >= 0.3 is 6.03 Å². The molecule has 1 fully saturated rings. The number of carbonyl (C=O) groups excluding carboxylic acids is 2. The van der Waals surface area contributed by atoms with Crippen LogP contribution in [0.5, 0.6) is 0 Å². The van der Waals surface area contributed by atoms with Crippen LogP contribution >= 0.6 is 0 Å². The summed E-state index contributed by atoms with van der Waals surface area (Å²) in [4.78, 5) is 33.9. The van der Waals surface area contributed by atoms with Crippen molar-refractivity contribution in [1.29, 1.82) is 5.26 Å². The fraction of sp³-hybridized carbons (Fsp3) is 0.310. The molecule has 0 bridgehead atoms. The smallest absolute Gasteiger partial charge is 0.320 e. The number of nitrogens with zero attached hydrogens (tertiary/aromatic N) is 6. The first kappa shape index (κ1) is 25.2. The van der Waals surface area contributed by atoms with E-state index in [2.05, 4.69) is 16.4 Å². The molecule has 3 aliphatic heterocycles. The highest BCUT2D eigenvalue weighted by Crippen LogP contribution is 2.38. The van der Waals surface area contributed by atoms with Crippen LogP contribution in [0.15, 0.2) is 48.9 Å². The molecule has 1 N–H and O–H groups in total. The molecule has 1 aromatic carbocycles. The van der Waals surface area contributed by atoms with E-state index in [1.54, 1.807) is 18.3 Å². The number of pyridine rings is 1. The molecule has 0 aliphatic carbocycles. The lowest BCUT2D eigenvalue weighted by atomic mass is 9.97. The number of Topliss-reactive ketones (excluding diaryl/α,β-unsaturated/α-hetero) is 1. The van der Waals surface area contributed by atoms with Gasteiger partial charge in [0.1, 0.15) is 12.3 Å². The quantitative estimate of drug-likeness (QED) is 0.406. The maximum atomic E-state index is 14.2. The van der Waals surface area contributed by atoms with Crippen molar-refractivity contribution in [3.63, 3.8) is 0 Å². The second-order valence-electron chi connectivity index (χ2n) is 10.5. The number of aromatic nitrogens is 3. The van der Waals surface area contributed by atoms with Gasteiger partial charge in [-0.05, 0) is 29.8 Å². The third-order valence-electron chi connectivity index (χ3n) is 7.83. The molecule has 6 heterocycles. The van der Waals surface area contributed by atoms with Gasteiger partial charge in [-0.1, -0.05) is 6.07 Å². The Labute approximate surface area is 233 Å². The van der Waals surface area contributed by atoms with Gasteiger partial charge in [-0.2, -0.15) is 5.26 Å². The van der Waals surface area contributed by atoms with Crippen molar-refractivity contribution < 1.29 is 23.1 Å². The Balaban J connectivity index is 1.32. The van der Waals surface area contributed by atoms with E-state index < -0.39 is 25.1 Å². The van der Waals surface area contributed by atoms with Crippen molar-refractivity contribution in [2.24, 2.45) is 0 Å². The number of ketones is 1. The number of hydrogen-bond donors (Lipinski definition) is 1. The zero-order valence-electron chi connectivity index (χ0n) is 21.9. The predicted molar refractivity (Wildman–Crippen MR) is 145 cm³/mol. The first-order chi connectivity index (χ1) is 19.8. The zero-order chi connectivity index (χ0) is 28.3. The van der Waals surface area contributed by atoms with Gasteiger partial charge < -0.3 is 24.4 Å². The van der Waals surface area contributed by atoms with E-state index in [9.17, 15) is 23.6 Å². The van der Waals surface area contributed by atoms with Crippen LogP contribution < -0.4 is 5.32 Å². The van der Waals surface area contributed by atoms with E-state index >= 15 is 0 Å². The van der Waals surface area contributed by atoms with Gasteiger partial charge in [-0.25, -0.2) is 18.6 Å². The number of carbonyl (C=O) groups is 2. The summed E-state index contributed by atoms with van der Waals surface area (Å²) in [5.41, 5.74) is 5.27. The van der Waals surface area contributed by atoms with Gasteiger partial charge in [0, 0.05) is 49.5 Å². The second kappa shape index (κ2) is 9.42. The van der Waals surface area contributed by atoms with Crippen LogP contribution in [0.1, 0.15) is 22.4 Å². The molecule has 7 rings (SSSR count). The van der Waals surface area contributed by atoms with Crippen LogP contribution in [-0.4, -0.2) is 80.9 Å². The van der Waals surface area contributed by atoms with Crippen LogP contribution in [-0.2, 0) is 22.6 Å². The molecule has 0 saturated carbocycles. The standard InChI is InChI=1S/C29H25F2N7O3/c30-29(31)16-37(7-8-41-17-29)28(40)36-6-5-35-15-21(20-10-18(11-32)9-19(14-36)27(20)35)25-23(39)13-34-26(25)22-12-33-24-3-1-2-4-38(22)24/h1-4,9-10,12,15,34H,5-8,13-14,16-17H2. The normalized spacial score (nSPS) is 18.9. The Morgan fingerprint density at radius 1 is 1.17 bits per heavy atom. The van der Waals surface area contributed by atoms with E-state index in [4.69, 9.17) is 4.74 Å². The number of rotatable bonds is 2. The minimum atomic E-state index is -3.12. The number of halogens is 2. The number of nitriles is 1. The Morgan fingerprint density at radius 2 is 2.05 bits per heavy atom. The molecule has 1 saturated heterocycles. The molecule has 3 aliphatic rings. The molecule has 41 heavy (non-hydrogen) atoms. The van der Waals surface area contributed by atoms with E-state index in [1.807, 2.05) is 39.6 Å². The molecule has 4 aromatic rings. The van der Waals surface area contributed by atoms with Gasteiger partial charge in [0.15, 0.2) is 5.78 Å². The number of alkyl halides is 2. The molecule has 2 amide bonds. The Morgan fingerprint density at radius 3 is 2.90 bits per heavy atom. The van der Waals surface area contributed by atoms with Gasteiger partial charge in [-0.15, -0.1) is 0 Å². The highest BCUT2D eigenvalue weighted by atomic mass is 19.3. The lowest BCUT2D eigenvalue weighted by Crippen LogP contribution is -2.48. The van der Waals surface area contributed by atoms with Crippen molar-refractivity contribution in [1.82, 2.24) is 29.1 Å². The van der Waals surface area contributed by atoms with Crippen molar-refractivity contribution in [3.8, 4) is 6.07 Å². The molecule has 12 heteroatoms. The predicted octanol–water partition coefficient (Wildman–Crippen LogP) is 3.10. The average molecular weight is 558 g/mol. The highest BCUT2D eigenvalue weighted by molar-refractivity contribution is 6.33. The van der Waals surface area contributed by atoms with Crippen molar-refractivity contribution in [2.45, 2.75) is 19.0 Å². The third kappa shape index (κ3) is 4.20. The van der Waals surface area contributed by atoms with Crippen LogP contribution in [0, 0.1) is 11.3 Å². The van der Waals surface area contributed by atoms with Crippen LogP contribution in [0.4, 0.5) is 13.6 Å². The summed E-state index contributed by atoms with van der Waals surface area (Å²) in [6.45, 7) is -0.368. The molecular formula is C29H25F2N7O3. The second-order valence-corrected chi connectivity index (χ2v) is 10.5. The van der Waals surface area contributed by atoms with Crippen LogP contribution in [0.2, 0.25) is 0 Å². The van der Waals surface area contributed by atoms with Gasteiger partial charge in [0.05, 0.1) is 60.0 Å². The fourth-order valence-electron chi connectivity index (χ4n) is 6.04. The zero-order valence-corrected chi connectivity index (χ0v) is 21.9. The molecule has 0 unspecified atom stereocenters. The topological polar surface area (TPSA) is 108 Å². The third-order valence-corrected chi connectivity index (χ3v) is 7.83. The highest BCUT2D eigenvalue weighted by Gasteiger charge is 2.38. The molecule has 10 nitrogen and oxygen atoms in total. The summed E-state index contributed by atoms with van der Waals surface area (Å²) in [7, 11) is 0. The number of ether oxygens (including phenoxy) is 1. The van der Waals surface area contributed by atoms with Gasteiger partial charge in [0.2, 0.25) is 0 Å². The summed E-state index contributed by atoms with van der Waals surface area (Å²) >= 11 is 0. The monoisotopic (exact) mass is 557 g/mol. The Kier molecular flexibility index (Phi) is 5.79. The number of nitrogens with one attached hydrogen (secondary N) is 1. The summed E-state index contributed by atoms with van der Waals surface area (Å²) in [5.74, 6) is -3.20. The maximum Gasteiger partial charge on any atom is 0.320 e. The molecule has 208 valence electrons. The largest absolute Gasteiger partial charge is 0.375 e. The van der Waals surface area contributed by atoms with Gasteiger partial charge in [0.25, 0.3) is 5.92 Å². The lowest BCUT2D eigenvalue weighted by Gasteiger charge is -2.30. The van der Waals surface area contributed by atoms with E-state index in [1.165, 1.54) is 4.90 Å². The van der Waals surface area contributed by atoms with Crippen LogP contribution in [0.3, 0.4) is 0 Å². The van der Waals surface area contributed by atoms with E-state index in [0.717, 1.165) is 27.1 Å². The number of imidazole rings is 1. The minimum absolute atomic E-state index is 0.0404. The van der Waals surface area contributed by atoms with Gasteiger partial charge in [-0.3, -0.25) is 9.20 Å². The fourth-order valence-corrected chi connectivity index (χ4v) is 6.04. The summed E-state index contributed by atoms with van der Waals surface area (Å²) in [6, 6.07) is 10.9. The first-order valence-corrected chi connectivity index (χ1v) is 13.3. The number of hydrogen-bond acceptors (Lipinski definition) is 6. The number of fused-ring (bicyclic) bond motifs is 1. The number of benzene rings is 1. The van der Waals surface area contributed by atoms with Crippen molar-refractivity contribution in [2.75, 3.05) is 39.4 Å². The molecule has 0 radical (unpaired) electrons. The first-order valence-electron chi connectivity index (χ1n) is 13.3. The number of urea groups is 1. The molecule has 3 aromatic heterocycles. The maximum absolute atomic E-state index is 14.2. The van der Waals surface area contributed by atoms with E-state index in [0.29, 0.717) is 34.5 Å². The molecular weight excluding hydrogens is 532 g/mol. The van der Waals surface area contributed by atoms with Crippen molar-refractivity contribution in [3.05, 3.63) is 71.3 Å². The summed E-state index contributed by atoms with van der Waals surface area (Å²) in [5, 5.41) is 13.8. The minimum Gasteiger partial charge on any atom is -0.375 e. The van der Waals surface area contributed by atoms with Crippen LogP contribution in [0.25, 0.3) is 27.8 Å². The number of amides is 2. The summed E-state index contributed by atoms with van der Waals surface area (Å²) in [6.07, 6.45) is 5.50.